The zero-order chi connectivity index (χ0) is 22.3. The number of ether oxygens (including phenoxy) is 1. The first-order valence-electron chi connectivity index (χ1n) is 9.92. The van der Waals surface area contributed by atoms with Gasteiger partial charge in [-0.2, -0.15) is 0 Å². The van der Waals surface area contributed by atoms with Crippen molar-refractivity contribution in [2.24, 2.45) is 0 Å². The third-order valence-electron chi connectivity index (χ3n) is 4.42. The van der Waals surface area contributed by atoms with E-state index in [1.165, 1.54) is 17.4 Å². The van der Waals surface area contributed by atoms with E-state index in [0.717, 1.165) is 16.9 Å². The van der Waals surface area contributed by atoms with Crippen LogP contribution in [0, 0.1) is 0 Å². The molecule has 9 heteroatoms. The molecule has 4 aromatic rings. The SMILES string of the molecule is CCOc1ccccc1-c1csc(NC(=O)CNC(=O)c2cc(-c3ccccc3)on2)n1. The fraction of sp³-hybridized carbons (Fsp3) is 0.130. The van der Waals surface area contributed by atoms with Gasteiger partial charge in [-0.15, -0.1) is 11.3 Å². The summed E-state index contributed by atoms with van der Waals surface area (Å²) in [4.78, 5) is 29.0. The van der Waals surface area contributed by atoms with Crippen molar-refractivity contribution in [3.63, 3.8) is 0 Å². The Morgan fingerprint density at radius 3 is 2.69 bits per heavy atom. The standard InChI is InChI=1S/C23H20N4O4S/c1-2-30-19-11-7-6-10-16(19)18-14-32-23(25-18)26-21(28)13-24-22(29)17-12-20(31-27-17)15-8-4-3-5-9-15/h3-12,14H,2,13H2,1H3,(H,24,29)(H,25,26,28). The van der Waals surface area contributed by atoms with Crippen LogP contribution in [0.1, 0.15) is 17.4 Å². The number of hydrogen-bond acceptors (Lipinski definition) is 7. The maximum atomic E-state index is 12.3. The minimum absolute atomic E-state index is 0.0979. The summed E-state index contributed by atoms with van der Waals surface area (Å²) in [6.45, 7) is 2.24. The number of nitrogens with one attached hydrogen (secondary N) is 2. The molecule has 0 unspecified atom stereocenters. The maximum absolute atomic E-state index is 12.3. The molecule has 2 aromatic carbocycles. The molecule has 0 fully saturated rings. The number of rotatable bonds is 8. The van der Waals surface area contributed by atoms with Crippen molar-refractivity contribution in [2.45, 2.75) is 6.92 Å². The molecule has 0 saturated carbocycles. The highest BCUT2D eigenvalue weighted by atomic mass is 32.1. The number of aromatic nitrogens is 2. The van der Waals surface area contributed by atoms with Gasteiger partial charge < -0.3 is 19.9 Å². The molecule has 2 aromatic heterocycles. The molecule has 2 amide bonds. The Balaban J connectivity index is 1.33. The number of amides is 2. The van der Waals surface area contributed by atoms with E-state index in [4.69, 9.17) is 9.26 Å². The first-order valence-corrected chi connectivity index (χ1v) is 10.8. The van der Waals surface area contributed by atoms with Crippen LogP contribution in [-0.4, -0.2) is 35.1 Å². The Labute approximate surface area is 188 Å². The van der Waals surface area contributed by atoms with Gasteiger partial charge in [0, 0.05) is 22.6 Å². The predicted molar refractivity (Wildman–Crippen MR) is 122 cm³/mol. The van der Waals surface area contributed by atoms with Gasteiger partial charge in [-0.3, -0.25) is 9.59 Å². The summed E-state index contributed by atoms with van der Waals surface area (Å²) in [7, 11) is 0. The molecule has 2 N–H and O–H groups in total. The fourth-order valence-electron chi connectivity index (χ4n) is 2.95. The molecule has 8 nitrogen and oxygen atoms in total. The lowest BCUT2D eigenvalue weighted by atomic mass is 10.1. The Kier molecular flexibility index (Phi) is 6.57. The average Bonchev–Trinajstić information content (AvgIpc) is 3.49. The topological polar surface area (TPSA) is 106 Å². The summed E-state index contributed by atoms with van der Waals surface area (Å²) in [6.07, 6.45) is 0. The summed E-state index contributed by atoms with van der Waals surface area (Å²) in [5.41, 5.74) is 2.46. The van der Waals surface area contributed by atoms with Gasteiger partial charge in [-0.25, -0.2) is 4.98 Å². The van der Waals surface area contributed by atoms with Gasteiger partial charge >= 0.3 is 0 Å². The highest BCUT2D eigenvalue weighted by Gasteiger charge is 2.16. The second-order valence-electron chi connectivity index (χ2n) is 6.64. The lowest BCUT2D eigenvalue weighted by Gasteiger charge is -2.07. The quantitative estimate of drug-likeness (QED) is 0.418. The molecule has 162 valence electrons. The highest BCUT2D eigenvalue weighted by molar-refractivity contribution is 7.14. The molecule has 0 aliphatic carbocycles. The van der Waals surface area contributed by atoms with Gasteiger partial charge in [0.25, 0.3) is 5.91 Å². The number of nitrogens with zero attached hydrogens (tertiary/aromatic N) is 2. The monoisotopic (exact) mass is 448 g/mol. The minimum atomic E-state index is -0.503. The molecular weight excluding hydrogens is 428 g/mol. The van der Waals surface area contributed by atoms with Crippen molar-refractivity contribution in [3.8, 4) is 28.3 Å². The molecule has 0 radical (unpaired) electrons. The van der Waals surface area contributed by atoms with Crippen molar-refractivity contribution in [1.82, 2.24) is 15.5 Å². The van der Waals surface area contributed by atoms with E-state index in [1.54, 1.807) is 0 Å². The molecule has 0 bridgehead atoms. The van der Waals surface area contributed by atoms with Crippen LogP contribution in [0.3, 0.4) is 0 Å². The summed E-state index contributed by atoms with van der Waals surface area (Å²) >= 11 is 1.29. The summed E-state index contributed by atoms with van der Waals surface area (Å²) in [5, 5.41) is 11.3. The molecule has 2 heterocycles. The number of benzene rings is 2. The van der Waals surface area contributed by atoms with Crippen LogP contribution in [0.25, 0.3) is 22.6 Å². The van der Waals surface area contributed by atoms with Crippen LogP contribution < -0.4 is 15.4 Å². The van der Waals surface area contributed by atoms with Crippen LogP contribution >= 0.6 is 11.3 Å². The summed E-state index contributed by atoms with van der Waals surface area (Å²) in [6, 6.07) is 18.4. The largest absolute Gasteiger partial charge is 0.493 e. The Morgan fingerprint density at radius 2 is 1.88 bits per heavy atom. The van der Waals surface area contributed by atoms with Crippen molar-refractivity contribution >= 4 is 28.3 Å². The van der Waals surface area contributed by atoms with E-state index in [2.05, 4.69) is 20.8 Å². The van der Waals surface area contributed by atoms with Crippen LogP contribution in [0.4, 0.5) is 5.13 Å². The molecule has 0 aliphatic heterocycles. The third-order valence-corrected chi connectivity index (χ3v) is 5.18. The number of hydrogen-bond donors (Lipinski definition) is 2. The number of thiazole rings is 1. The van der Waals surface area contributed by atoms with Gasteiger partial charge in [0.1, 0.15) is 5.75 Å². The lowest BCUT2D eigenvalue weighted by molar-refractivity contribution is -0.115. The lowest BCUT2D eigenvalue weighted by Crippen LogP contribution is -2.33. The first kappa shape index (κ1) is 21.3. The second kappa shape index (κ2) is 9.88. The Bertz CT molecular complexity index is 1220. The van der Waals surface area contributed by atoms with Gasteiger partial charge in [-0.05, 0) is 19.1 Å². The van der Waals surface area contributed by atoms with Crippen molar-refractivity contribution < 1.29 is 18.8 Å². The number of para-hydroxylation sites is 1. The fourth-order valence-corrected chi connectivity index (χ4v) is 3.68. The van der Waals surface area contributed by atoms with E-state index in [0.29, 0.717) is 23.2 Å². The Hall–Kier alpha value is -3.98. The average molecular weight is 449 g/mol. The van der Waals surface area contributed by atoms with Crippen LogP contribution in [-0.2, 0) is 4.79 Å². The second-order valence-corrected chi connectivity index (χ2v) is 7.50. The number of carbonyl (C=O) groups is 2. The Morgan fingerprint density at radius 1 is 1.09 bits per heavy atom. The van der Waals surface area contributed by atoms with E-state index in [9.17, 15) is 9.59 Å². The number of anilines is 1. The molecule has 4 rings (SSSR count). The zero-order valence-electron chi connectivity index (χ0n) is 17.2. The molecule has 0 saturated heterocycles. The first-order chi connectivity index (χ1) is 15.6. The van der Waals surface area contributed by atoms with Gasteiger partial charge in [0.05, 0.1) is 18.8 Å². The third kappa shape index (κ3) is 5.01. The van der Waals surface area contributed by atoms with Crippen molar-refractivity contribution in [3.05, 3.63) is 71.7 Å². The van der Waals surface area contributed by atoms with E-state index in [1.807, 2.05) is 66.9 Å². The van der Waals surface area contributed by atoms with Gasteiger partial charge in [0.15, 0.2) is 16.6 Å². The van der Waals surface area contributed by atoms with Crippen LogP contribution in [0.5, 0.6) is 5.75 Å². The maximum Gasteiger partial charge on any atom is 0.273 e. The number of carbonyl (C=O) groups excluding carboxylic acids is 2. The minimum Gasteiger partial charge on any atom is -0.493 e. The highest BCUT2D eigenvalue weighted by Crippen LogP contribution is 2.32. The van der Waals surface area contributed by atoms with Gasteiger partial charge in [-0.1, -0.05) is 47.6 Å². The normalized spacial score (nSPS) is 10.5. The zero-order valence-corrected chi connectivity index (χ0v) is 18.0. The smallest absolute Gasteiger partial charge is 0.273 e. The van der Waals surface area contributed by atoms with Gasteiger partial charge in [0.2, 0.25) is 5.91 Å². The summed E-state index contributed by atoms with van der Waals surface area (Å²) in [5.74, 6) is 0.302. The van der Waals surface area contributed by atoms with E-state index < -0.39 is 11.8 Å². The van der Waals surface area contributed by atoms with Crippen LogP contribution in [0.2, 0.25) is 0 Å². The van der Waals surface area contributed by atoms with Crippen molar-refractivity contribution in [1.29, 1.82) is 0 Å². The van der Waals surface area contributed by atoms with E-state index >= 15 is 0 Å². The predicted octanol–water partition coefficient (Wildman–Crippen LogP) is 4.23. The van der Waals surface area contributed by atoms with E-state index in [-0.39, 0.29) is 12.2 Å². The molecule has 0 atom stereocenters. The summed E-state index contributed by atoms with van der Waals surface area (Å²) < 4.78 is 10.9. The van der Waals surface area contributed by atoms with Crippen molar-refractivity contribution in [2.75, 3.05) is 18.5 Å². The molecule has 0 spiro atoms. The molecular formula is C23H20N4O4S. The molecule has 32 heavy (non-hydrogen) atoms. The molecule has 0 aliphatic rings. The van der Waals surface area contributed by atoms with Crippen LogP contribution in [0.15, 0.2) is 70.6 Å².